The first-order chi connectivity index (χ1) is 21.3. The average Bonchev–Trinajstić information content (AvgIpc) is 3.19. The number of rotatable bonds is 14. The Labute approximate surface area is 295 Å². The van der Waals surface area contributed by atoms with Crippen LogP contribution in [0.25, 0.3) is 0 Å². The van der Waals surface area contributed by atoms with Gasteiger partial charge in [-0.3, -0.25) is 9.36 Å². The van der Waals surface area contributed by atoms with Crippen LogP contribution in [0.3, 0.4) is 0 Å². The number of hydrogen-bond acceptors (Lipinski definition) is 6. The number of nitrogens with one attached hydrogen (secondary N) is 1. The molecule has 46 heavy (non-hydrogen) atoms. The minimum absolute atomic E-state index is 0.169. The van der Waals surface area contributed by atoms with Gasteiger partial charge in [-0.25, -0.2) is 4.79 Å². The highest BCUT2D eigenvalue weighted by atomic mass is 79.9. The zero-order chi connectivity index (χ0) is 34.8. The summed E-state index contributed by atoms with van der Waals surface area (Å²) in [5, 5.41) is 2.73. The summed E-state index contributed by atoms with van der Waals surface area (Å²) >= 11 is 7.94. The fourth-order valence-corrected chi connectivity index (χ4v) is 20.9. The molecule has 3 atom stereocenters. The van der Waals surface area contributed by atoms with Gasteiger partial charge in [-0.1, -0.05) is 133 Å². The van der Waals surface area contributed by atoms with Crippen molar-refractivity contribution in [2.24, 2.45) is 0 Å². The molecule has 1 amide bonds. The van der Waals surface area contributed by atoms with E-state index < -0.39 is 44.0 Å². The molecule has 0 aliphatic carbocycles. The molecule has 0 bridgehead atoms. The van der Waals surface area contributed by atoms with Crippen LogP contribution in [-0.2, 0) is 13.6 Å². The van der Waals surface area contributed by atoms with Gasteiger partial charge in [-0.2, -0.15) is 4.98 Å². The van der Waals surface area contributed by atoms with Crippen LogP contribution >= 0.6 is 31.9 Å². The summed E-state index contributed by atoms with van der Waals surface area (Å²) in [6.45, 7) is 27.6. The molecule has 12 heteroatoms. The monoisotopic (exact) mass is 799 g/mol. The number of ether oxygens (including phenoxy) is 1. The number of carbonyl (C=O) groups is 1. The molecule has 1 aliphatic rings. The van der Waals surface area contributed by atoms with E-state index in [-0.39, 0.29) is 11.7 Å². The summed E-state index contributed by atoms with van der Waals surface area (Å²) in [5.74, 6) is -0.170. The van der Waals surface area contributed by atoms with E-state index in [0.29, 0.717) is 45.4 Å². The molecule has 1 aromatic carbocycles. The molecular weight excluding hydrogens is 746 g/mol. The van der Waals surface area contributed by atoms with Crippen LogP contribution < -0.4 is 11.0 Å². The predicted octanol–water partition coefficient (Wildman–Crippen LogP) is 9.63. The molecule has 0 radical (unpaired) electrons. The van der Waals surface area contributed by atoms with Crippen LogP contribution in [-0.4, -0.2) is 54.1 Å². The molecule has 0 unspecified atom stereocenters. The Bertz CT molecular complexity index is 1320. The molecule has 2 aromatic rings. The molecule has 0 saturated carbocycles. The molecular formula is C34H55Br2N3O5Si2. The molecule has 1 N–H and O–H groups in total. The third kappa shape index (κ3) is 7.68. The summed E-state index contributed by atoms with van der Waals surface area (Å²) in [4.78, 5) is 30.5. The Morgan fingerprint density at radius 1 is 0.870 bits per heavy atom. The number of alkyl halides is 2. The SMILES string of the molecule is CC(C)[Si](OC[C@H]1O[C@@H](n2ccc(NC(=O)c3ccccc3)nc2=O)C(Br)(Br)[C@@H]1O[Si](C(C)C)(C(C)C)C(C)C)(C(C)C)C(C)C. The maximum Gasteiger partial charge on any atom is 0.351 e. The fourth-order valence-electron chi connectivity index (χ4n) is 8.04. The predicted molar refractivity (Wildman–Crippen MR) is 200 cm³/mol. The second-order valence-corrected chi connectivity index (χ2v) is 29.1. The zero-order valence-electron chi connectivity index (χ0n) is 29.6. The fraction of sp³-hybridized carbons (Fsp3) is 0.676. The largest absolute Gasteiger partial charge is 0.413 e. The van der Waals surface area contributed by atoms with Crippen LogP contribution in [0.5, 0.6) is 0 Å². The van der Waals surface area contributed by atoms with Crippen molar-refractivity contribution in [1.29, 1.82) is 0 Å². The normalized spacial score (nSPS) is 20.6. The average molecular weight is 802 g/mol. The first-order valence-corrected chi connectivity index (χ1v) is 22.5. The van der Waals surface area contributed by atoms with Gasteiger partial charge in [-0.15, -0.1) is 0 Å². The van der Waals surface area contributed by atoms with Crippen LogP contribution in [0.15, 0.2) is 47.4 Å². The van der Waals surface area contributed by atoms with Crippen molar-refractivity contribution in [2.75, 3.05) is 11.9 Å². The lowest BCUT2D eigenvalue weighted by molar-refractivity contribution is -0.0422. The highest BCUT2D eigenvalue weighted by Crippen LogP contribution is 2.55. The number of benzene rings is 1. The topological polar surface area (TPSA) is 91.7 Å². The van der Waals surface area contributed by atoms with Crippen LogP contribution in [0.2, 0.25) is 33.2 Å². The Morgan fingerprint density at radius 2 is 1.37 bits per heavy atom. The molecule has 1 aliphatic heterocycles. The van der Waals surface area contributed by atoms with Crippen molar-refractivity contribution >= 4 is 60.2 Å². The van der Waals surface area contributed by atoms with Crippen LogP contribution in [0.1, 0.15) is 99.7 Å². The lowest BCUT2D eigenvalue weighted by Crippen LogP contribution is -2.56. The van der Waals surface area contributed by atoms with Gasteiger partial charge >= 0.3 is 5.69 Å². The van der Waals surface area contributed by atoms with Gasteiger partial charge in [0.25, 0.3) is 5.91 Å². The second-order valence-electron chi connectivity index (χ2n) is 14.5. The highest BCUT2D eigenvalue weighted by Gasteiger charge is 2.60. The van der Waals surface area contributed by atoms with E-state index in [2.05, 4.69) is 125 Å². The summed E-state index contributed by atoms with van der Waals surface area (Å²) < 4.78 is 21.8. The lowest BCUT2D eigenvalue weighted by Gasteiger charge is -2.47. The molecule has 258 valence electrons. The molecule has 0 spiro atoms. The summed E-state index contributed by atoms with van der Waals surface area (Å²) in [6.07, 6.45) is -0.0966. The molecule has 3 rings (SSSR count). The number of halogens is 2. The van der Waals surface area contributed by atoms with Gasteiger partial charge in [0.2, 0.25) is 8.32 Å². The van der Waals surface area contributed by atoms with E-state index in [1.54, 1.807) is 36.5 Å². The zero-order valence-corrected chi connectivity index (χ0v) is 34.8. The van der Waals surface area contributed by atoms with Gasteiger partial charge in [0, 0.05) is 11.8 Å². The third-order valence-corrected chi connectivity index (χ3v) is 23.8. The van der Waals surface area contributed by atoms with E-state index in [0.717, 1.165) is 0 Å². The van der Waals surface area contributed by atoms with E-state index in [1.807, 2.05) is 6.07 Å². The highest BCUT2D eigenvalue weighted by molar-refractivity contribution is 9.25. The number of aromatic nitrogens is 2. The molecule has 1 aromatic heterocycles. The smallest absolute Gasteiger partial charge is 0.351 e. The van der Waals surface area contributed by atoms with Gasteiger partial charge < -0.3 is 18.9 Å². The first-order valence-electron chi connectivity index (χ1n) is 16.6. The standard InChI is InChI=1S/C34H55Br2N3O5Si2/c1-21(2)45(22(3)4,23(5)6)42-20-28-30(44-46(24(7)8,25(9)10)26(11)12)34(35,36)32(43-28)39-19-18-29(38-33(39)41)37-31(40)27-16-14-13-15-17-27/h13-19,21-26,28,30,32H,20H2,1-12H3,(H,37,38,40,41)/t28-,30-,32-/m1/s1. The van der Waals surface area contributed by atoms with Gasteiger partial charge in [0.15, 0.2) is 17.8 Å². The third-order valence-electron chi connectivity index (χ3n) is 9.95. The quantitative estimate of drug-likeness (QED) is 0.151. The van der Waals surface area contributed by atoms with Gasteiger partial charge in [0.05, 0.1) is 6.61 Å². The van der Waals surface area contributed by atoms with E-state index in [1.165, 1.54) is 4.57 Å². The van der Waals surface area contributed by atoms with Gasteiger partial charge in [0.1, 0.15) is 18.0 Å². The van der Waals surface area contributed by atoms with Crippen LogP contribution in [0, 0.1) is 0 Å². The lowest BCUT2D eigenvalue weighted by atomic mass is 10.2. The Morgan fingerprint density at radius 3 is 1.83 bits per heavy atom. The van der Waals surface area contributed by atoms with Crippen molar-refractivity contribution in [3.8, 4) is 0 Å². The number of anilines is 1. The molecule has 1 saturated heterocycles. The Hall–Kier alpha value is -1.16. The first kappa shape index (κ1) is 39.3. The number of nitrogens with zero attached hydrogens (tertiary/aromatic N) is 2. The Kier molecular flexibility index (Phi) is 13.3. The molecule has 2 heterocycles. The van der Waals surface area contributed by atoms with E-state index in [9.17, 15) is 9.59 Å². The van der Waals surface area contributed by atoms with E-state index in [4.69, 9.17) is 13.6 Å². The second kappa shape index (κ2) is 15.6. The van der Waals surface area contributed by atoms with Crippen molar-refractivity contribution in [3.05, 3.63) is 58.6 Å². The van der Waals surface area contributed by atoms with Crippen molar-refractivity contribution < 1.29 is 18.4 Å². The van der Waals surface area contributed by atoms with Crippen molar-refractivity contribution in [3.63, 3.8) is 0 Å². The molecule has 8 nitrogen and oxygen atoms in total. The number of amides is 1. The number of carbonyl (C=O) groups excluding carboxylic acids is 1. The maximum atomic E-state index is 13.6. The summed E-state index contributed by atoms with van der Waals surface area (Å²) in [5.41, 5.74) is 2.18. The minimum atomic E-state index is -2.40. The Balaban J connectivity index is 2.05. The van der Waals surface area contributed by atoms with Crippen molar-refractivity contribution in [1.82, 2.24) is 9.55 Å². The molecule has 1 fully saturated rings. The minimum Gasteiger partial charge on any atom is -0.413 e. The van der Waals surface area contributed by atoms with Crippen LogP contribution in [0.4, 0.5) is 5.82 Å². The maximum absolute atomic E-state index is 13.6. The van der Waals surface area contributed by atoms with Crippen molar-refractivity contribution in [2.45, 2.75) is 138 Å². The van der Waals surface area contributed by atoms with E-state index >= 15 is 0 Å². The van der Waals surface area contributed by atoms with Gasteiger partial charge in [-0.05, 0) is 51.4 Å². The summed E-state index contributed by atoms with van der Waals surface area (Å²) in [6, 6.07) is 10.4. The number of hydrogen-bond donors (Lipinski definition) is 1. The summed E-state index contributed by atoms with van der Waals surface area (Å²) in [7, 11) is -4.64.